The lowest BCUT2D eigenvalue weighted by Crippen LogP contribution is -2.27. The monoisotopic (exact) mass is 397 g/mol. The molecule has 0 aliphatic rings. The summed E-state index contributed by atoms with van der Waals surface area (Å²) in [5, 5.41) is 2.71. The van der Waals surface area contributed by atoms with Crippen LogP contribution in [0.1, 0.15) is 20.7 Å². The van der Waals surface area contributed by atoms with Crippen LogP contribution in [0.4, 0.5) is 0 Å². The van der Waals surface area contributed by atoms with Gasteiger partial charge in [0.2, 0.25) is 11.8 Å². The van der Waals surface area contributed by atoms with E-state index in [9.17, 15) is 14.4 Å². The van der Waals surface area contributed by atoms with Gasteiger partial charge >= 0.3 is 0 Å². The molecule has 0 aromatic heterocycles. The highest BCUT2D eigenvalue weighted by Gasteiger charge is 2.06. The zero-order valence-corrected chi connectivity index (χ0v) is 15.7. The van der Waals surface area contributed by atoms with Crippen LogP contribution < -0.4 is 16.8 Å². The summed E-state index contributed by atoms with van der Waals surface area (Å²) in [6.45, 7) is 2.87. The third-order valence-electron chi connectivity index (χ3n) is 3.32. The normalized spacial score (nSPS) is 10.6. The van der Waals surface area contributed by atoms with Crippen LogP contribution in [0.25, 0.3) is 0 Å². The predicted molar refractivity (Wildman–Crippen MR) is 99.8 cm³/mol. The van der Waals surface area contributed by atoms with Crippen molar-refractivity contribution in [1.82, 2.24) is 5.32 Å². The van der Waals surface area contributed by atoms with E-state index in [4.69, 9.17) is 30.4 Å². The molecule has 0 aliphatic carbocycles. The molecular weight excluding hydrogens is 370 g/mol. The van der Waals surface area contributed by atoms with Crippen molar-refractivity contribution in [2.45, 2.75) is 0 Å². The molecule has 10 heteroatoms. The maximum Gasteiger partial charge on any atom is 0.251 e. The summed E-state index contributed by atoms with van der Waals surface area (Å²) in [6.07, 6.45) is 0. The lowest BCUT2D eigenvalue weighted by Gasteiger charge is -2.08. The molecule has 0 radical (unpaired) electrons. The quantitative estimate of drug-likeness (QED) is 0.305. The number of nitrogens with one attached hydrogen (secondary N) is 1. The van der Waals surface area contributed by atoms with E-state index < -0.39 is 11.8 Å². The fourth-order valence-electron chi connectivity index (χ4n) is 1.96. The van der Waals surface area contributed by atoms with E-state index >= 15 is 0 Å². The number of rotatable bonds is 16. The molecule has 0 bridgehead atoms. The minimum atomic E-state index is -0.539. The van der Waals surface area contributed by atoms with Gasteiger partial charge in [-0.25, -0.2) is 0 Å². The van der Waals surface area contributed by atoms with Crippen molar-refractivity contribution in [3.05, 3.63) is 35.4 Å². The number of hydrogen-bond donors (Lipinski definition) is 3. The smallest absolute Gasteiger partial charge is 0.251 e. The van der Waals surface area contributed by atoms with Crippen molar-refractivity contribution >= 4 is 17.7 Å². The molecule has 3 amide bonds. The van der Waals surface area contributed by atoms with Gasteiger partial charge in [0, 0.05) is 17.7 Å². The first-order valence-corrected chi connectivity index (χ1v) is 8.78. The third-order valence-corrected chi connectivity index (χ3v) is 3.32. The van der Waals surface area contributed by atoms with Crippen molar-refractivity contribution in [3.63, 3.8) is 0 Å². The maximum absolute atomic E-state index is 11.9. The molecule has 10 nitrogen and oxygen atoms in total. The number of nitrogens with two attached hydrogens (primary N) is 2. The van der Waals surface area contributed by atoms with Crippen LogP contribution in [-0.4, -0.2) is 77.1 Å². The first-order valence-electron chi connectivity index (χ1n) is 8.78. The fraction of sp³-hybridized carbons (Fsp3) is 0.500. The van der Waals surface area contributed by atoms with E-state index in [1.165, 1.54) is 24.3 Å². The molecule has 0 saturated carbocycles. The molecule has 5 N–H and O–H groups in total. The van der Waals surface area contributed by atoms with Gasteiger partial charge in [-0.3, -0.25) is 14.4 Å². The number of carbonyl (C=O) groups is 3. The SMILES string of the molecule is NC(=O)COCCOCCOCCOCCNC(=O)c1ccc(C(N)=O)cc1. The van der Waals surface area contributed by atoms with E-state index in [1.54, 1.807) is 0 Å². The molecular formula is C18H27N3O7. The van der Waals surface area contributed by atoms with Crippen molar-refractivity contribution in [2.24, 2.45) is 11.5 Å². The van der Waals surface area contributed by atoms with Crippen LogP contribution in [0.5, 0.6) is 0 Å². The summed E-state index contributed by atoms with van der Waals surface area (Å²) in [5.74, 6) is -1.31. The molecule has 156 valence electrons. The van der Waals surface area contributed by atoms with Gasteiger partial charge in [-0.2, -0.15) is 0 Å². The molecule has 0 unspecified atom stereocenters. The topological polar surface area (TPSA) is 152 Å². The Morgan fingerprint density at radius 3 is 1.68 bits per heavy atom. The Hall–Kier alpha value is -2.53. The second-order valence-electron chi connectivity index (χ2n) is 5.55. The van der Waals surface area contributed by atoms with E-state index in [0.29, 0.717) is 63.9 Å². The van der Waals surface area contributed by atoms with E-state index in [-0.39, 0.29) is 12.5 Å². The molecule has 0 spiro atoms. The standard InChI is InChI=1S/C18H27N3O7/c19-16(22)13-28-12-11-27-10-9-26-8-7-25-6-5-21-18(24)15-3-1-14(2-4-15)17(20)23/h1-4H,5-13H2,(H2,19,22)(H2,20,23)(H,21,24). The Balaban J connectivity index is 1.91. The molecule has 0 saturated heterocycles. The average Bonchev–Trinajstić information content (AvgIpc) is 2.67. The Morgan fingerprint density at radius 2 is 1.18 bits per heavy atom. The van der Waals surface area contributed by atoms with Gasteiger partial charge in [0.25, 0.3) is 5.91 Å². The van der Waals surface area contributed by atoms with Crippen molar-refractivity contribution < 1.29 is 33.3 Å². The van der Waals surface area contributed by atoms with Gasteiger partial charge in [0.05, 0.1) is 46.2 Å². The van der Waals surface area contributed by atoms with Gasteiger partial charge < -0.3 is 35.7 Å². The number of benzene rings is 1. The van der Waals surface area contributed by atoms with Gasteiger partial charge in [-0.05, 0) is 24.3 Å². The van der Waals surface area contributed by atoms with Crippen LogP contribution in [0.2, 0.25) is 0 Å². The first kappa shape index (κ1) is 23.5. The van der Waals surface area contributed by atoms with E-state index in [2.05, 4.69) is 5.32 Å². The number of hydrogen-bond acceptors (Lipinski definition) is 7. The summed E-state index contributed by atoms with van der Waals surface area (Å²) >= 11 is 0. The van der Waals surface area contributed by atoms with Crippen molar-refractivity contribution in [1.29, 1.82) is 0 Å². The zero-order valence-electron chi connectivity index (χ0n) is 15.7. The maximum atomic E-state index is 11.9. The summed E-state index contributed by atoms with van der Waals surface area (Å²) < 4.78 is 20.8. The van der Waals surface area contributed by atoms with Gasteiger partial charge in [-0.15, -0.1) is 0 Å². The second-order valence-corrected chi connectivity index (χ2v) is 5.55. The zero-order chi connectivity index (χ0) is 20.6. The molecule has 0 aliphatic heterocycles. The highest BCUT2D eigenvalue weighted by molar-refractivity contribution is 5.97. The number of carbonyl (C=O) groups excluding carboxylic acids is 3. The first-order chi connectivity index (χ1) is 13.5. The lowest BCUT2D eigenvalue weighted by atomic mass is 10.1. The molecule has 0 heterocycles. The molecule has 0 atom stereocenters. The minimum Gasteiger partial charge on any atom is -0.377 e. The Bertz CT molecular complexity index is 608. The molecule has 1 aromatic rings. The molecule has 28 heavy (non-hydrogen) atoms. The molecule has 1 rings (SSSR count). The third kappa shape index (κ3) is 11.2. The summed E-state index contributed by atoms with van der Waals surface area (Å²) in [6, 6.07) is 6.08. The highest BCUT2D eigenvalue weighted by Crippen LogP contribution is 2.03. The highest BCUT2D eigenvalue weighted by atomic mass is 16.6. The van der Waals surface area contributed by atoms with Crippen LogP contribution in [0, 0.1) is 0 Å². The Kier molecular flexibility index (Phi) is 12.2. The lowest BCUT2D eigenvalue weighted by molar-refractivity contribution is -0.123. The van der Waals surface area contributed by atoms with Gasteiger partial charge in [0.15, 0.2) is 0 Å². The summed E-state index contributed by atoms with van der Waals surface area (Å²) in [4.78, 5) is 33.3. The van der Waals surface area contributed by atoms with Crippen LogP contribution in [0.15, 0.2) is 24.3 Å². The average molecular weight is 397 g/mol. The fourth-order valence-corrected chi connectivity index (χ4v) is 1.96. The van der Waals surface area contributed by atoms with Crippen LogP contribution >= 0.6 is 0 Å². The number of ether oxygens (including phenoxy) is 4. The second kappa shape index (κ2) is 14.5. The van der Waals surface area contributed by atoms with E-state index in [0.717, 1.165) is 0 Å². The number of amides is 3. The Morgan fingerprint density at radius 1 is 0.714 bits per heavy atom. The summed E-state index contributed by atoms with van der Waals surface area (Å²) in [5.41, 5.74) is 10.8. The Labute approximate surface area is 163 Å². The van der Waals surface area contributed by atoms with E-state index in [1.807, 2.05) is 0 Å². The minimum absolute atomic E-state index is 0.112. The molecule has 1 aromatic carbocycles. The van der Waals surface area contributed by atoms with Crippen molar-refractivity contribution in [3.8, 4) is 0 Å². The predicted octanol–water partition coefficient (Wildman–Crippen LogP) is -0.933. The number of primary amides is 2. The summed E-state index contributed by atoms with van der Waals surface area (Å²) in [7, 11) is 0. The van der Waals surface area contributed by atoms with Crippen molar-refractivity contribution in [2.75, 3.05) is 59.4 Å². The van der Waals surface area contributed by atoms with Crippen LogP contribution in [0.3, 0.4) is 0 Å². The molecule has 0 fully saturated rings. The van der Waals surface area contributed by atoms with Gasteiger partial charge in [-0.1, -0.05) is 0 Å². The van der Waals surface area contributed by atoms with Gasteiger partial charge in [0.1, 0.15) is 6.61 Å². The largest absolute Gasteiger partial charge is 0.377 e. The van der Waals surface area contributed by atoms with Crippen LogP contribution in [-0.2, 0) is 23.7 Å².